The molecule has 0 unspecified atom stereocenters. The molecular weight excluding hydrogens is 454 g/mol. The molecule has 0 fully saturated rings. The van der Waals surface area contributed by atoms with Crippen LogP contribution in [0.3, 0.4) is 0 Å². The van der Waals surface area contributed by atoms with Crippen LogP contribution in [0.1, 0.15) is 15.4 Å². The minimum atomic E-state index is -0.319. The van der Waals surface area contributed by atoms with Gasteiger partial charge in [-0.25, -0.2) is 4.98 Å². The highest BCUT2D eigenvalue weighted by molar-refractivity contribution is 7.21. The normalized spacial score (nSPS) is 10.9. The van der Waals surface area contributed by atoms with Crippen molar-refractivity contribution < 1.29 is 14.3 Å². The Bertz CT molecular complexity index is 1470. The number of fused-ring (bicyclic) bond motifs is 3. The van der Waals surface area contributed by atoms with E-state index in [9.17, 15) is 9.59 Å². The molecule has 0 aliphatic rings. The predicted octanol–water partition coefficient (Wildman–Crippen LogP) is 6.09. The van der Waals surface area contributed by atoms with Crippen molar-refractivity contribution in [3.63, 3.8) is 0 Å². The lowest BCUT2D eigenvalue weighted by Gasteiger charge is -2.13. The number of benzene rings is 3. The summed E-state index contributed by atoms with van der Waals surface area (Å²) >= 11 is 3.21. The summed E-state index contributed by atoms with van der Waals surface area (Å²) in [5, 5.41) is 9.62. The molecular formula is C25H19N3O3S2. The van der Waals surface area contributed by atoms with E-state index in [1.165, 1.54) is 0 Å². The SMILES string of the molecule is Cc1nc2c(cc(OCC(=O)Nc3ccccc3NC(=O)c3ccccc3)c3ccsc32)s1. The van der Waals surface area contributed by atoms with Crippen molar-refractivity contribution >= 4 is 66.2 Å². The number of amides is 2. The summed E-state index contributed by atoms with van der Waals surface area (Å²) in [7, 11) is 0. The fourth-order valence-corrected chi connectivity index (χ4v) is 5.35. The van der Waals surface area contributed by atoms with Crippen molar-refractivity contribution in [3.05, 3.63) is 82.7 Å². The number of anilines is 2. The zero-order valence-corrected chi connectivity index (χ0v) is 19.3. The number of aryl methyl sites for hydroxylation is 1. The Hall–Kier alpha value is -3.75. The van der Waals surface area contributed by atoms with Crippen LogP contribution in [0, 0.1) is 6.92 Å². The smallest absolute Gasteiger partial charge is 0.262 e. The minimum Gasteiger partial charge on any atom is -0.483 e. The lowest BCUT2D eigenvalue weighted by Crippen LogP contribution is -2.21. The highest BCUT2D eigenvalue weighted by Crippen LogP contribution is 2.38. The molecule has 3 aromatic carbocycles. The highest BCUT2D eigenvalue weighted by Gasteiger charge is 2.15. The summed E-state index contributed by atoms with van der Waals surface area (Å²) in [6.45, 7) is 1.82. The molecule has 0 bridgehead atoms. The number of ether oxygens (including phenoxy) is 1. The van der Waals surface area contributed by atoms with Gasteiger partial charge >= 0.3 is 0 Å². The number of rotatable bonds is 6. The molecule has 164 valence electrons. The Morgan fingerprint density at radius 3 is 2.48 bits per heavy atom. The first-order valence-electron chi connectivity index (χ1n) is 10.2. The fraction of sp³-hybridized carbons (Fsp3) is 0.0800. The molecule has 8 heteroatoms. The van der Waals surface area contributed by atoms with Gasteiger partial charge in [0.1, 0.15) is 5.75 Å². The maximum Gasteiger partial charge on any atom is 0.262 e. The number of carbonyl (C=O) groups excluding carboxylic acids is 2. The first-order chi connectivity index (χ1) is 16.1. The van der Waals surface area contributed by atoms with E-state index in [1.54, 1.807) is 71.2 Å². The van der Waals surface area contributed by atoms with E-state index in [1.807, 2.05) is 30.5 Å². The number of para-hydroxylation sites is 2. The Morgan fingerprint density at radius 1 is 0.970 bits per heavy atom. The summed E-state index contributed by atoms with van der Waals surface area (Å²) in [5.74, 6) is 0.0881. The zero-order chi connectivity index (χ0) is 22.8. The van der Waals surface area contributed by atoms with Gasteiger partial charge in [0, 0.05) is 17.0 Å². The molecule has 0 aliphatic carbocycles. The third-order valence-electron chi connectivity index (χ3n) is 5.01. The molecule has 0 aliphatic heterocycles. The third kappa shape index (κ3) is 4.44. The van der Waals surface area contributed by atoms with Gasteiger partial charge in [-0.2, -0.15) is 0 Å². The van der Waals surface area contributed by atoms with Gasteiger partial charge in [-0.15, -0.1) is 22.7 Å². The molecule has 2 amide bonds. The monoisotopic (exact) mass is 473 g/mol. The van der Waals surface area contributed by atoms with Crippen LogP contribution in [-0.4, -0.2) is 23.4 Å². The molecule has 5 rings (SSSR count). The number of nitrogens with zero attached hydrogens (tertiary/aromatic N) is 1. The Kier molecular flexibility index (Phi) is 5.77. The quantitative estimate of drug-likeness (QED) is 0.313. The van der Waals surface area contributed by atoms with Gasteiger partial charge in [-0.1, -0.05) is 30.3 Å². The fourth-order valence-electron chi connectivity index (χ4n) is 3.52. The van der Waals surface area contributed by atoms with E-state index >= 15 is 0 Å². The second-order valence-corrected chi connectivity index (χ2v) is 9.47. The number of hydrogen-bond donors (Lipinski definition) is 2. The first kappa shape index (κ1) is 21.1. The van der Waals surface area contributed by atoms with Gasteiger partial charge in [-0.05, 0) is 42.6 Å². The second-order valence-electron chi connectivity index (χ2n) is 7.32. The molecule has 0 saturated carbocycles. The summed E-state index contributed by atoms with van der Waals surface area (Å²) in [6, 6.07) is 19.9. The van der Waals surface area contributed by atoms with E-state index in [4.69, 9.17) is 4.74 Å². The summed E-state index contributed by atoms with van der Waals surface area (Å²) < 4.78 is 8.00. The van der Waals surface area contributed by atoms with E-state index < -0.39 is 0 Å². The molecule has 0 radical (unpaired) electrons. The summed E-state index contributed by atoms with van der Waals surface area (Å²) in [6.07, 6.45) is 0. The van der Waals surface area contributed by atoms with Crippen LogP contribution >= 0.6 is 22.7 Å². The molecule has 2 aromatic heterocycles. The molecule has 2 heterocycles. The third-order valence-corrected chi connectivity index (χ3v) is 6.85. The molecule has 0 spiro atoms. The van der Waals surface area contributed by atoms with Crippen LogP contribution in [0.2, 0.25) is 0 Å². The van der Waals surface area contributed by atoms with E-state index in [2.05, 4.69) is 15.6 Å². The van der Waals surface area contributed by atoms with Crippen LogP contribution in [-0.2, 0) is 4.79 Å². The summed E-state index contributed by atoms with van der Waals surface area (Å²) in [5.41, 5.74) is 2.53. The van der Waals surface area contributed by atoms with Crippen molar-refractivity contribution in [2.75, 3.05) is 17.2 Å². The average molecular weight is 474 g/mol. The maximum atomic E-state index is 12.7. The van der Waals surface area contributed by atoms with E-state index in [-0.39, 0.29) is 18.4 Å². The molecule has 6 nitrogen and oxygen atoms in total. The Labute approximate surface area is 197 Å². The first-order valence-corrected chi connectivity index (χ1v) is 11.9. The van der Waals surface area contributed by atoms with Crippen molar-refractivity contribution in [3.8, 4) is 5.75 Å². The van der Waals surface area contributed by atoms with Gasteiger partial charge < -0.3 is 15.4 Å². The number of aromatic nitrogens is 1. The van der Waals surface area contributed by atoms with Crippen LogP contribution in [0.4, 0.5) is 11.4 Å². The molecule has 33 heavy (non-hydrogen) atoms. The predicted molar refractivity (Wildman–Crippen MR) is 135 cm³/mol. The standard InChI is InChI=1S/C25H19N3O3S2/c1-15-26-23-21(33-15)13-20(17-11-12-32-24(17)23)31-14-22(29)27-18-9-5-6-10-19(18)28-25(30)16-7-3-2-4-8-16/h2-13H,14H2,1H3,(H,27,29)(H,28,30). The Morgan fingerprint density at radius 2 is 1.70 bits per heavy atom. The van der Waals surface area contributed by atoms with Gasteiger partial charge in [0.05, 0.1) is 31.3 Å². The van der Waals surface area contributed by atoms with Gasteiger partial charge in [0.2, 0.25) is 0 Å². The molecule has 0 saturated heterocycles. The van der Waals surface area contributed by atoms with Gasteiger partial charge in [0.15, 0.2) is 6.61 Å². The van der Waals surface area contributed by atoms with Crippen LogP contribution in [0.5, 0.6) is 5.75 Å². The number of thiophene rings is 1. The Balaban J connectivity index is 1.30. The lowest BCUT2D eigenvalue weighted by molar-refractivity contribution is -0.118. The van der Waals surface area contributed by atoms with Crippen molar-refractivity contribution in [1.29, 1.82) is 0 Å². The van der Waals surface area contributed by atoms with Crippen molar-refractivity contribution in [2.24, 2.45) is 0 Å². The van der Waals surface area contributed by atoms with Crippen LogP contribution in [0.15, 0.2) is 72.1 Å². The van der Waals surface area contributed by atoms with Crippen LogP contribution in [0.25, 0.3) is 20.3 Å². The number of thiazole rings is 1. The topological polar surface area (TPSA) is 80.3 Å². The van der Waals surface area contributed by atoms with E-state index in [0.29, 0.717) is 22.7 Å². The zero-order valence-electron chi connectivity index (χ0n) is 17.6. The molecule has 0 atom stereocenters. The lowest BCUT2D eigenvalue weighted by atomic mass is 10.2. The second kappa shape index (κ2) is 9.01. The van der Waals surface area contributed by atoms with Crippen LogP contribution < -0.4 is 15.4 Å². The van der Waals surface area contributed by atoms with Gasteiger partial charge in [0.25, 0.3) is 11.8 Å². The number of carbonyl (C=O) groups is 2. The summed E-state index contributed by atoms with van der Waals surface area (Å²) in [4.78, 5) is 29.8. The molecule has 2 N–H and O–H groups in total. The maximum absolute atomic E-state index is 12.7. The highest BCUT2D eigenvalue weighted by atomic mass is 32.1. The van der Waals surface area contributed by atoms with Crippen molar-refractivity contribution in [1.82, 2.24) is 4.98 Å². The number of nitrogens with one attached hydrogen (secondary N) is 2. The van der Waals surface area contributed by atoms with E-state index in [0.717, 1.165) is 25.3 Å². The number of hydrogen-bond acceptors (Lipinski definition) is 6. The van der Waals surface area contributed by atoms with Gasteiger partial charge in [-0.3, -0.25) is 9.59 Å². The largest absolute Gasteiger partial charge is 0.483 e. The molecule has 5 aromatic rings. The minimum absolute atomic E-state index is 0.158. The van der Waals surface area contributed by atoms with Crippen molar-refractivity contribution in [2.45, 2.75) is 6.92 Å². The average Bonchev–Trinajstić information content (AvgIpc) is 3.45.